The smallest absolute Gasteiger partial charge is 0.223 e. The van der Waals surface area contributed by atoms with Crippen molar-refractivity contribution in [1.29, 1.82) is 0 Å². The van der Waals surface area contributed by atoms with E-state index >= 15 is 0 Å². The van der Waals surface area contributed by atoms with E-state index in [1.165, 1.54) is 6.42 Å². The minimum absolute atomic E-state index is 0.189. The van der Waals surface area contributed by atoms with Gasteiger partial charge in [-0.2, -0.15) is 0 Å². The first kappa shape index (κ1) is 18.1. The summed E-state index contributed by atoms with van der Waals surface area (Å²) in [4.78, 5) is 16.1. The molecule has 25 heavy (non-hydrogen) atoms. The maximum atomic E-state index is 14.3. The number of rotatable bonds is 6. The van der Waals surface area contributed by atoms with Crippen molar-refractivity contribution in [2.24, 2.45) is 0 Å². The van der Waals surface area contributed by atoms with Crippen LogP contribution >= 0.6 is 0 Å². The predicted octanol–water partition coefficient (Wildman–Crippen LogP) is 2.15. The fourth-order valence-corrected chi connectivity index (χ4v) is 3.45. The molecule has 1 aromatic rings. The van der Waals surface area contributed by atoms with Gasteiger partial charge in [0.15, 0.2) is 0 Å². The molecule has 0 aliphatic carbocycles. The lowest BCUT2D eigenvalue weighted by molar-refractivity contribution is -0.131. The molecule has 1 amide bonds. The molecule has 6 heteroatoms. The Morgan fingerprint density at radius 2 is 1.88 bits per heavy atom. The fourth-order valence-electron chi connectivity index (χ4n) is 3.45. The number of piperidine rings is 1. The fraction of sp³-hybridized carbons (Fsp3) is 0.632. The summed E-state index contributed by atoms with van der Waals surface area (Å²) in [5, 5.41) is 3.25. The number of morpholine rings is 1. The van der Waals surface area contributed by atoms with E-state index in [0.29, 0.717) is 38.4 Å². The Hall–Kier alpha value is -1.66. The molecule has 1 aromatic carbocycles. The zero-order valence-corrected chi connectivity index (χ0v) is 14.8. The number of hydrogen-bond donors (Lipinski definition) is 1. The Balaban J connectivity index is 1.42. The number of hydrogen-bond acceptors (Lipinski definition) is 4. The highest BCUT2D eigenvalue weighted by molar-refractivity contribution is 5.76. The molecule has 1 N–H and O–H groups in total. The summed E-state index contributed by atoms with van der Waals surface area (Å²) >= 11 is 0. The molecule has 0 radical (unpaired) electrons. The molecule has 0 unspecified atom stereocenters. The van der Waals surface area contributed by atoms with Gasteiger partial charge < -0.3 is 19.9 Å². The molecule has 2 heterocycles. The van der Waals surface area contributed by atoms with Crippen LogP contribution in [0.3, 0.4) is 0 Å². The lowest BCUT2D eigenvalue weighted by Gasteiger charge is -2.29. The lowest BCUT2D eigenvalue weighted by Crippen LogP contribution is -2.37. The zero-order chi connectivity index (χ0) is 17.5. The van der Waals surface area contributed by atoms with E-state index in [-0.39, 0.29) is 11.7 Å². The number of nitrogens with zero attached hydrogens (tertiary/aromatic N) is 2. The van der Waals surface area contributed by atoms with Gasteiger partial charge in [0, 0.05) is 45.7 Å². The number of anilines is 1. The van der Waals surface area contributed by atoms with Crippen molar-refractivity contribution < 1.29 is 13.9 Å². The van der Waals surface area contributed by atoms with Crippen molar-refractivity contribution in [3.8, 4) is 0 Å². The third-order valence-electron chi connectivity index (χ3n) is 4.92. The summed E-state index contributed by atoms with van der Waals surface area (Å²) in [6.45, 7) is 5.75. The van der Waals surface area contributed by atoms with Gasteiger partial charge in [0.25, 0.3) is 0 Å². The van der Waals surface area contributed by atoms with E-state index in [1.54, 1.807) is 6.07 Å². The van der Waals surface area contributed by atoms with E-state index < -0.39 is 0 Å². The van der Waals surface area contributed by atoms with Gasteiger partial charge in [-0.25, -0.2) is 4.39 Å². The SMILES string of the molecule is O=C(CCNCc1ccc(N2CCOCC2)c(F)c1)N1CCCCC1. The molecule has 0 spiro atoms. The predicted molar refractivity (Wildman–Crippen MR) is 96.2 cm³/mol. The zero-order valence-electron chi connectivity index (χ0n) is 14.8. The van der Waals surface area contributed by atoms with Gasteiger partial charge in [-0.1, -0.05) is 6.07 Å². The Labute approximate surface area is 149 Å². The normalized spacial score (nSPS) is 18.4. The highest BCUT2D eigenvalue weighted by Crippen LogP contribution is 2.21. The maximum Gasteiger partial charge on any atom is 0.223 e. The van der Waals surface area contributed by atoms with Crippen LogP contribution in [0.1, 0.15) is 31.2 Å². The Kier molecular flexibility index (Phi) is 6.64. The number of halogens is 1. The van der Waals surface area contributed by atoms with Gasteiger partial charge >= 0.3 is 0 Å². The molecule has 0 saturated carbocycles. The van der Waals surface area contributed by atoms with Crippen LogP contribution in [-0.4, -0.2) is 56.7 Å². The molecule has 2 fully saturated rings. The molecule has 2 aliphatic heterocycles. The first-order valence-electron chi connectivity index (χ1n) is 9.33. The third-order valence-corrected chi connectivity index (χ3v) is 4.92. The third kappa shape index (κ3) is 5.16. The van der Waals surface area contributed by atoms with Crippen LogP contribution in [0.2, 0.25) is 0 Å². The second kappa shape index (κ2) is 9.15. The first-order valence-corrected chi connectivity index (χ1v) is 9.33. The molecular weight excluding hydrogens is 321 g/mol. The van der Waals surface area contributed by atoms with Crippen LogP contribution in [0.5, 0.6) is 0 Å². The number of amides is 1. The molecule has 0 atom stereocenters. The summed E-state index contributed by atoms with van der Waals surface area (Å²) in [6, 6.07) is 5.38. The number of likely N-dealkylation sites (tertiary alicyclic amines) is 1. The summed E-state index contributed by atoms with van der Waals surface area (Å²) in [5.74, 6) is 0.0339. The van der Waals surface area contributed by atoms with Crippen molar-refractivity contribution in [2.45, 2.75) is 32.2 Å². The van der Waals surface area contributed by atoms with Gasteiger partial charge in [0.05, 0.1) is 18.9 Å². The number of carbonyl (C=O) groups excluding carboxylic acids is 1. The van der Waals surface area contributed by atoms with E-state index in [4.69, 9.17) is 4.74 Å². The quantitative estimate of drug-likeness (QED) is 0.800. The van der Waals surface area contributed by atoms with E-state index in [2.05, 4.69) is 5.32 Å². The summed E-state index contributed by atoms with van der Waals surface area (Å²) in [7, 11) is 0. The number of ether oxygens (including phenoxy) is 1. The van der Waals surface area contributed by atoms with Gasteiger partial charge in [-0.05, 0) is 37.0 Å². The average Bonchev–Trinajstić information content (AvgIpc) is 2.66. The Bertz CT molecular complexity index is 570. The Morgan fingerprint density at radius 3 is 2.60 bits per heavy atom. The number of nitrogens with one attached hydrogen (secondary N) is 1. The molecule has 0 bridgehead atoms. The summed E-state index contributed by atoms with van der Waals surface area (Å²) in [6.07, 6.45) is 3.98. The van der Waals surface area contributed by atoms with Crippen LogP contribution in [-0.2, 0) is 16.1 Å². The molecule has 2 saturated heterocycles. The van der Waals surface area contributed by atoms with Crippen molar-refractivity contribution in [3.05, 3.63) is 29.6 Å². The van der Waals surface area contributed by atoms with Crippen LogP contribution in [0.15, 0.2) is 18.2 Å². The minimum atomic E-state index is -0.189. The van der Waals surface area contributed by atoms with E-state index in [9.17, 15) is 9.18 Å². The summed E-state index contributed by atoms with van der Waals surface area (Å²) < 4.78 is 19.7. The van der Waals surface area contributed by atoms with Crippen LogP contribution in [0, 0.1) is 5.82 Å². The van der Waals surface area contributed by atoms with Crippen LogP contribution in [0.25, 0.3) is 0 Å². The molecule has 2 aliphatic rings. The monoisotopic (exact) mass is 349 g/mol. The number of carbonyl (C=O) groups is 1. The highest BCUT2D eigenvalue weighted by Gasteiger charge is 2.16. The highest BCUT2D eigenvalue weighted by atomic mass is 19.1. The molecule has 0 aromatic heterocycles. The van der Waals surface area contributed by atoms with Crippen molar-refractivity contribution in [2.75, 3.05) is 50.8 Å². The van der Waals surface area contributed by atoms with Gasteiger partial charge in [0.1, 0.15) is 5.82 Å². The topological polar surface area (TPSA) is 44.8 Å². The second-order valence-electron chi connectivity index (χ2n) is 6.75. The van der Waals surface area contributed by atoms with Gasteiger partial charge in [0.2, 0.25) is 5.91 Å². The van der Waals surface area contributed by atoms with E-state index in [0.717, 1.165) is 44.6 Å². The van der Waals surface area contributed by atoms with Crippen molar-refractivity contribution in [3.63, 3.8) is 0 Å². The Morgan fingerprint density at radius 1 is 1.12 bits per heavy atom. The average molecular weight is 349 g/mol. The standard InChI is InChI=1S/C19H28FN3O2/c20-17-14-16(4-5-18(17)22-10-12-25-13-11-22)15-21-7-6-19(24)23-8-2-1-3-9-23/h4-5,14,21H,1-3,6-13,15H2. The molecule has 3 rings (SSSR count). The van der Waals surface area contributed by atoms with Gasteiger partial charge in [-0.3, -0.25) is 4.79 Å². The van der Waals surface area contributed by atoms with Crippen molar-refractivity contribution >= 4 is 11.6 Å². The molecule has 138 valence electrons. The largest absolute Gasteiger partial charge is 0.378 e. The van der Waals surface area contributed by atoms with E-state index in [1.807, 2.05) is 21.9 Å². The number of benzene rings is 1. The lowest BCUT2D eigenvalue weighted by atomic mass is 10.1. The van der Waals surface area contributed by atoms with Crippen molar-refractivity contribution in [1.82, 2.24) is 10.2 Å². The van der Waals surface area contributed by atoms with Crippen LogP contribution < -0.4 is 10.2 Å². The second-order valence-corrected chi connectivity index (χ2v) is 6.75. The van der Waals surface area contributed by atoms with Gasteiger partial charge in [-0.15, -0.1) is 0 Å². The molecular formula is C19H28FN3O2. The summed E-state index contributed by atoms with van der Waals surface area (Å²) in [5.41, 5.74) is 1.55. The first-order chi connectivity index (χ1) is 12.2. The van der Waals surface area contributed by atoms with Crippen LogP contribution in [0.4, 0.5) is 10.1 Å². The minimum Gasteiger partial charge on any atom is -0.378 e. The maximum absolute atomic E-state index is 14.3. The molecule has 5 nitrogen and oxygen atoms in total.